The van der Waals surface area contributed by atoms with Crippen LogP contribution in [-0.4, -0.2) is 18.1 Å². The SMILES string of the molecule is COC(=O)Cc1cc(CCl)nc(C(F)F)c1C#N. The Kier molecular flexibility index (Phi) is 4.98. The minimum Gasteiger partial charge on any atom is -0.469 e. The Bertz CT molecular complexity index is 501. The maximum atomic E-state index is 12.8. The van der Waals surface area contributed by atoms with Crippen LogP contribution in [0.3, 0.4) is 0 Å². The highest BCUT2D eigenvalue weighted by molar-refractivity contribution is 6.16. The normalized spacial score (nSPS) is 10.2. The lowest BCUT2D eigenvalue weighted by Gasteiger charge is -2.09. The van der Waals surface area contributed by atoms with Crippen molar-refractivity contribution in [1.82, 2.24) is 4.98 Å². The van der Waals surface area contributed by atoms with Crippen LogP contribution in [0, 0.1) is 11.3 Å². The number of pyridine rings is 1. The number of aromatic nitrogens is 1. The average molecular weight is 275 g/mol. The molecule has 0 aliphatic heterocycles. The molecular weight excluding hydrogens is 266 g/mol. The first-order chi connectivity index (χ1) is 8.53. The van der Waals surface area contributed by atoms with Crippen molar-refractivity contribution in [2.45, 2.75) is 18.7 Å². The fraction of sp³-hybridized carbons (Fsp3) is 0.364. The van der Waals surface area contributed by atoms with Crippen LogP contribution in [0.4, 0.5) is 8.78 Å². The molecule has 7 heteroatoms. The number of carbonyl (C=O) groups is 1. The summed E-state index contributed by atoms with van der Waals surface area (Å²) >= 11 is 5.54. The Hall–Kier alpha value is -1.74. The molecule has 18 heavy (non-hydrogen) atoms. The summed E-state index contributed by atoms with van der Waals surface area (Å²) in [5.41, 5.74) is -0.631. The first-order valence-electron chi connectivity index (χ1n) is 4.87. The van der Waals surface area contributed by atoms with E-state index >= 15 is 0 Å². The van der Waals surface area contributed by atoms with Crippen molar-refractivity contribution in [2.75, 3.05) is 7.11 Å². The highest BCUT2D eigenvalue weighted by Crippen LogP contribution is 2.25. The molecule has 0 saturated heterocycles. The fourth-order valence-electron chi connectivity index (χ4n) is 1.40. The van der Waals surface area contributed by atoms with Gasteiger partial charge in [0, 0.05) is 0 Å². The molecule has 1 aromatic rings. The standard InChI is InChI=1S/C11H9ClF2N2O2/c1-18-9(17)3-6-2-7(4-12)16-10(11(13)14)8(6)5-15/h2,11H,3-4H2,1H3. The number of methoxy groups -OCH3 is 1. The van der Waals surface area contributed by atoms with Crippen LogP contribution in [0.5, 0.6) is 0 Å². The second-order valence-corrected chi connectivity index (χ2v) is 3.60. The summed E-state index contributed by atoms with van der Waals surface area (Å²) in [5.74, 6) is -0.710. The number of nitriles is 1. The van der Waals surface area contributed by atoms with Gasteiger partial charge in [0.2, 0.25) is 0 Å². The summed E-state index contributed by atoms with van der Waals surface area (Å²) in [5, 5.41) is 8.89. The second-order valence-electron chi connectivity index (χ2n) is 3.33. The number of ether oxygens (including phenoxy) is 1. The zero-order chi connectivity index (χ0) is 13.7. The third-order valence-corrected chi connectivity index (χ3v) is 2.47. The molecule has 0 radical (unpaired) electrons. The van der Waals surface area contributed by atoms with Gasteiger partial charge in [-0.2, -0.15) is 5.26 Å². The van der Waals surface area contributed by atoms with Gasteiger partial charge in [-0.1, -0.05) is 0 Å². The van der Waals surface area contributed by atoms with Gasteiger partial charge in [0.05, 0.1) is 30.7 Å². The van der Waals surface area contributed by atoms with Crippen molar-refractivity contribution in [3.05, 3.63) is 28.6 Å². The fourth-order valence-corrected chi connectivity index (χ4v) is 1.54. The maximum absolute atomic E-state index is 12.8. The number of nitrogens with zero attached hydrogens (tertiary/aromatic N) is 2. The molecule has 0 spiro atoms. The van der Waals surface area contributed by atoms with Crippen LogP contribution in [-0.2, 0) is 21.8 Å². The topological polar surface area (TPSA) is 63.0 Å². The lowest BCUT2D eigenvalue weighted by Crippen LogP contribution is -2.10. The van der Waals surface area contributed by atoms with Gasteiger partial charge in [0.25, 0.3) is 6.43 Å². The summed E-state index contributed by atoms with van der Waals surface area (Å²) in [6, 6.07) is 2.99. The zero-order valence-electron chi connectivity index (χ0n) is 9.41. The van der Waals surface area contributed by atoms with Gasteiger partial charge in [-0.3, -0.25) is 4.79 Å². The summed E-state index contributed by atoms with van der Waals surface area (Å²) in [7, 11) is 1.17. The van der Waals surface area contributed by atoms with E-state index in [2.05, 4.69) is 9.72 Å². The quantitative estimate of drug-likeness (QED) is 0.624. The predicted molar refractivity (Wildman–Crippen MR) is 59.2 cm³/mol. The largest absolute Gasteiger partial charge is 0.469 e. The molecule has 0 aliphatic carbocycles. The molecule has 0 unspecified atom stereocenters. The van der Waals surface area contributed by atoms with Crippen molar-refractivity contribution < 1.29 is 18.3 Å². The number of hydrogen-bond donors (Lipinski definition) is 0. The first kappa shape index (κ1) is 14.3. The van der Waals surface area contributed by atoms with Gasteiger partial charge in [-0.25, -0.2) is 13.8 Å². The lowest BCUT2D eigenvalue weighted by molar-refractivity contribution is -0.139. The highest BCUT2D eigenvalue weighted by Gasteiger charge is 2.21. The molecule has 1 rings (SSSR count). The monoisotopic (exact) mass is 274 g/mol. The van der Waals surface area contributed by atoms with E-state index in [4.69, 9.17) is 16.9 Å². The van der Waals surface area contributed by atoms with E-state index in [1.807, 2.05) is 0 Å². The van der Waals surface area contributed by atoms with E-state index in [-0.39, 0.29) is 29.1 Å². The van der Waals surface area contributed by atoms with Crippen molar-refractivity contribution in [3.8, 4) is 6.07 Å². The van der Waals surface area contributed by atoms with E-state index in [0.717, 1.165) is 0 Å². The Morgan fingerprint density at radius 3 is 2.78 bits per heavy atom. The molecule has 96 valence electrons. The molecular formula is C11H9ClF2N2O2. The van der Waals surface area contributed by atoms with E-state index in [1.165, 1.54) is 13.2 Å². The van der Waals surface area contributed by atoms with Crippen LogP contribution in [0.15, 0.2) is 6.07 Å². The Morgan fingerprint density at radius 2 is 2.33 bits per heavy atom. The van der Waals surface area contributed by atoms with Crippen LogP contribution < -0.4 is 0 Å². The zero-order valence-corrected chi connectivity index (χ0v) is 10.2. The molecule has 4 nitrogen and oxygen atoms in total. The molecule has 1 heterocycles. The number of alkyl halides is 3. The molecule has 0 amide bonds. The van der Waals surface area contributed by atoms with Gasteiger partial charge < -0.3 is 4.74 Å². The minimum absolute atomic E-state index is 0.0837. The Labute approximate surface area is 107 Å². The van der Waals surface area contributed by atoms with Crippen LogP contribution >= 0.6 is 11.6 Å². The molecule has 1 aromatic heterocycles. The minimum atomic E-state index is -2.90. The molecule has 0 fully saturated rings. The Balaban J connectivity index is 3.34. The highest BCUT2D eigenvalue weighted by atomic mass is 35.5. The number of hydrogen-bond acceptors (Lipinski definition) is 4. The number of halogens is 3. The van der Waals surface area contributed by atoms with E-state index < -0.39 is 18.1 Å². The van der Waals surface area contributed by atoms with Crippen LogP contribution in [0.25, 0.3) is 0 Å². The van der Waals surface area contributed by atoms with Crippen LogP contribution in [0.2, 0.25) is 0 Å². The third-order valence-electron chi connectivity index (χ3n) is 2.20. The smallest absolute Gasteiger partial charge is 0.310 e. The third kappa shape index (κ3) is 3.14. The molecule has 0 aromatic carbocycles. The predicted octanol–water partition coefficient (Wildman–Crippen LogP) is 2.35. The molecule has 0 saturated carbocycles. The number of rotatable bonds is 4. The van der Waals surface area contributed by atoms with Crippen LogP contribution in [0.1, 0.15) is 28.9 Å². The molecule has 0 atom stereocenters. The van der Waals surface area contributed by atoms with Gasteiger partial charge >= 0.3 is 5.97 Å². The Morgan fingerprint density at radius 1 is 1.67 bits per heavy atom. The molecule has 0 bridgehead atoms. The van der Waals surface area contributed by atoms with Crippen molar-refractivity contribution in [3.63, 3.8) is 0 Å². The van der Waals surface area contributed by atoms with Gasteiger partial charge in [-0.15, -0.1) is 11.6 Å². The number of esters is 1. The second kappa shape index (κ2) is 6.26. The van der Waals surface area contributed by atoms with Crippen molar-refractivity contribution >= 4 is 17.6 Å². The molecule has 0 aliphatic rings. The van der Waals surface area contributed by atoms with Crippen molar-refractivity contribution in [1.29, 1.82) is 5.26 Å². The van der Waals surface area contributed by atoms with Gasteiger partial charge in [0.1, 0.15) is 11.8 Å². The van der Waals surface area contributed by atoms with E-state index in [1.54, 1.807) is 6.07 Å². The first-order valence-corrected chi connectivity index (χ1v) is 5.40. The maximum Gasteiger partial charge on any atom is 0.310 e. The lowest BCUT2D eigenvalue weighted by atomic mass is 10.0. The summed E-state index contributed by atoms with van der Waals surface area (Å²) in [6.45, 7) is 0. The average Bonchev–Trinajstić information content (AvgIpc) is 2.37. The summed E-state index contributed by atoms with van der Waals surface area (Å²) < 4.78 is 30.0. The summed E-state index contributed by atoms with van der Waals surface area (Å²) in [4.78, 5) is 14.8. The van der Waals surface area contributed by atoms with Gasteiger partial charge in [0.15, 0.2) is 0 Å². The number of carbonyl (C=O) groups excluding carboxylic acids is 1. The summed E-state index contributed by atoms with van der Waals surface area (Å²) in [6.07, 6.45) is -3.18. The van der Waals surface area contributed by atoms with E-state index in [0.29, 0.717) is 0 Å². The van der Waals surface area contributed by atoms with Gasteiger partial charge in [-0.05, 0) is 11.6 Å². The van der Waals surface area contributed by atoms with Crippen molar-refractivity contribution in [2.24, 2.45) is 0 Å². The molecule has 0 N–H and O–H groups in total. The van der Waals surface area contributed by atoms with E-state index in [9.17, 15) is 13.6 Å².